The van der Waals surface area contributed by atoms with E-state index in [0.717, 1.165) is 38.1 Å². The van der Waals surface area contributed by atoms with Gasteiger partial charge in [0.15, 0.2) is 0 Å². The standard InChI is InChI=1S/C21H41NO3.C12H18.C2H7N.C2H6/c1-16(11-8-13-22-6)9-7-10-17(2)15-18(3)20(25)21(4,5)19(24)12-14-23;1-5-7-11(3)9-10-12(4)8-6-2;1-3-2;1-2/h14,16-19,22,24H,7-13,15H2,1-6H3;5-6,8,10H,1,3,7,9H2,2,4H3;3H,1-2H3;1-2H3/b;8-6-,12-10+;;. The zero-order valence-electron chi connectivity index (χ0n) is 29.9. The maximum Gasteiger partial charge on any atom is 0.143 e. The quantitative estimate of drug-likeness (QED) is 0.0569. The van der Waals surface area contributed by atoms with Crippen molar-refractivity contribution in [3.63, 3.8) is 0 Å². The maximum absolute atomic E-state index is 12.7. The Balaban J connectivity index is -0.000000352. The Kier molecular flexibility index (Phi) is 36.0. The highest BCUT2D eigenvalue weighted by Crippen LogP contribution is 2.31. The predicted molar refractivity (Wildman–Crippen MR) is 188 cm³/mol. The first-order valence-corrected chi connectivity index (χ1v) is 16.2. The highest BCUT2D eigenvalue weighted by Gasteiger charge is 2.37. The Morgan fingerprint density at radius 3 is 1.98 bits per heavy atom. The zero-order valence-corrected chi connectivity index (χ0v) is 29.9. The smallest absolute Gasteiger partial charge is 0.143 e. The second-order valence-corrected chi connectivity index (χ2v) is 11.9. The topological polar surface area (TPSA) is 78.4 Å². The molecule has 4 unspecified atom stereocenters. The van der Waals surface area contributed by atoms with Crippen LogP contribution in [0.1, 0.15) is 120 Å². The van der Waals surface area contributed by atoms with E-state index in [1.165, 1.54) is 36.8 Å². The second-order valence-electron chi connectivity index (χ2n) is 11.9. The summed E-state index contributed by atoms with van der Waals surface area (Å²) in [5.74, 6) is 1.24. The van der Waals surface area contributed by atoms with Crippen LogP contribution in [0.2, 0.25) is 0 Å². The zero-order chi connectivity index (χ0) is 33.6. The van der Waals surface area contributed by atoms with Gasteiger partial charge < -0.3 is 20.5 Å². The second kappa shape index (κ2) is 32.1. The van der Waals surface area contributed by atoms with Crippen molar-refractivity contribution in [2.24, 2.45) is 23.2 Å². The highest BCUT2D eigenvalue weighted by molar-refractivity contribution is 5.87. The maximum atomic E-state index is 12.7. The number of allylic oxidation sites excluding steroid dienone is 6. The molecular weight excluding hydrogens is 520 g/mol. The molecule has 4 atom stereocenters. The molecule has 0 heterocycles. The van der Waals surface area contributed by atoms with Crippen LogP contribution in [0.5, 0.6) is 0 Å². The number of hydrogen-bond donors (Lipinski definition) is 3. The molecule has 0 rings (SSSR count). The van der Waals surface area contributed by atoms with Gasteiger partial charge >= 0.3 is 0 Å². The summed E-state index contributed by atoms with van der Waals surface area (Å²) in [7, 11) is 5.74. The van der Waals surface area contributed by atoms with Gasteiger partial charge in [0.1, 0.15) is 12.1 Å². The minimum Gasteiger partial charge on any atom is -0.392 e. The molecule has 0 bridgehead atoms. The number of carbonyl (C=O) groups is 2. The van der Waals surface area contributed by atoms with Crippen molar-refractivity contribution in [1.82, 2.24) is 10.6 Å². The number of rotatable bonds is 20. The van der Waals surface area contributed by atoms with Gasteiger partial charge in [0.05, 0.1) is 6.10 Å². The summed E-state index contributed by atoms with van der Waals surface area (Å²) >= 11 is 0. The molecule has 0 aromatic heterocycles. The van der Waals surface area contributed by atoms with Crippen molar-refractivity contribution < 1.29 is 14.7 Å². The number of aliphatic hydroxyl groups excluding tert-OH is 1. The van der Waals surface area contributed by atoms with Crippen molar-refractivity contribution in [2.45, 2.75) is 126 Å². The van der Waals surface area contributed by atoms with E-state index in [1.807, 2.05) is 61.0 Å². The van der Waals surface area contributed by atoms with Crippen LogP contribution in [0.25, 0.3) is 0 Å². The number of hydrogen-bond acceptors (Lipinski definition) is 5. The summed E-state index contributed by atoms with van der Waals surface area (Å²) in [5.41, 5.74) is 1.65. The largest absolute Gasteiger partial charge is 0.392 e. The first-order chi connectivity index (χ1) is 19.8. The molecule has 42 heavy (non-hydrogen) atoms. The van der Waals surface area contributed by atoms with Crippen molar-refractivity contribution >= 4 is 12.1 Å². The molecule has 0 radical (unpaired) electrons. The van der Waals surface area contributed by atoms with Crippen molar-refractivity contribution in [2.75, 3.05) is 27.7 Å². The van der Waals surface area contributed by atoms with E-state index < -0.39 is 11.5 Å². The van der Waals surface area contributed by atoms with Crippen LogP contribution in [0.15, 0.2) is 48.6 Å². The molecule has 0 aliphatic rings. The highest BCUT2D eigenvalue weighted by atomic mass is 16.3. The summed E-state index contributed by atoms with van der Waals surface area (Å²) in [6.07, 6.45) is 16.9. The molecule has 0 saturated heterocycles. The summed E-state index contributed by atoms with van der Waals surface area (Å²) < 4.78 is 0. The molecule has 0 amide bonds. The number of aliphatic hydroxyl groups is 1. The summed E-state index contributed by atoms with van der Waals surface area (Å²) in [6.45, 7) is 26.8. The van der Waals surface area contributed by atoms with E-state index in [4.69, 9.17) is 0 Å². The van der Waals surface area contributed by atoms with Crippen molar-refractivity contribution in [3.8, 4) is 0 Å². The monoisotopic (exact) mass is 593 g/mol. The van der Waals surface area contributed by atoms with Crippen molar-refractivity contribution in [1.29, 1.82) is 0 Å². The van der Waals surface area contributed by atoms with Gasteiger partial charge in [-0.3, -0.25) is 4.79 Å². The number of ketones is 1. The molecule has 3 N–H and O–H groups in total. The van der Waals surface area contributed by atoms with Crippen LogP contribution in [0.4, 0.5) is 0 Å². The normalized spacial score (nSPS) is 14.1. The van der Waals surface area contributed by atoms with Gasteiger partial charge in [0, 0.05) is 17.8 Å². The molecule has 0 aliphatic carbocycles. The Morgan fingerprint density at radius 1 is 0.976 bits per heavy atom. The number of nitrogens with one attached hydrogen (secondary N) is 2. The van der Waals surface area contributed by atoms with Crippen LogP contribution in [0, 0.1) is 23.2 Å². The number of Topliss-reactive ketones (excluding diaryl/α,β-unsaturated/α-hetero) is 1. The van der Waals surface area contributed by atoms with Crippen LogP contribution >= 0.6 is 0 Å². The number of aldehydes is 1. The van der Waals surface area contributed by atoms with Crippen LogP contribution in [-0.4, -0.2) is 51.0 Å². The SMILES string of the molecule is C=CCC(=C)C/C=C(C)/C=C\C.CC.CNC.CNCCCC(C)CCCC(C)CC(C)C(=O)C(C)(C)C(O)CC=O. The molecular formula is C37H72N2O3. The fourth-order valence-electron chi connectivity index (χ4n) is 4.52. The average molecular weight is 593 g/mol. The van der Waals surface area contributed by atoms with Gasteiger partial charge in [-0.05, 0) is 85.5 Å². The molecule has 248 valence electrons. The van der Waals surface area contributed by atoms with Crippen LogP contribution < -0.4 is 10.6 Å². The third-order valence-corrected chi connectivity index (χ3v) is 7.08. The third-order valence-electron chi connectivity index (χ3n) is 7.08. The lowest BCUT2D eigenvalue weighted by Gasteiger charge is -2.31. The van der Waals surface area contributed by atoms with Gasteiger partial charge in [-0.25, -0.2) is 0 Å². The summed E-state index contributed by atoms with van der Waals surface area (Å²) in [4.78, 5) is 23.3. The van der Waals surface area contributed by atoms with Gasteiger partial charge in [-0.1, -0.05) is 110 Å². The van der Waals surface area contributed by atoms with Gasteiger partial charge in [-0.2, -0.15) is 0 Å². The summed E-state index contributed by atoms with van der Waals surface area (Å²) in [5, 5.41) is 16.0. The van der Waals surface area contributed by atoms with E-state index in [9.17, 15) is 14.7 Å². The Labute approximate surface area is 262 Å². The molecule has 0 aromatic rings. The molecule has 0 saturated carbocycles. The molecule has 0 fully saturated rings. The lowest BCUT2D eigenvalue weighted by molar-refractivity contribution is -0.138. The Bertz CT molecular complexity index is 725. The molecule has 5 nitrogen and oxygen atoms in total. The van der Waals surface area contributed by atoms with Crippen molar-refractivity contribution in [3.05, 3.63) is 48.6 Å². The molecule has 5 heteroatoms. The average Bonchev–Trinajstić information content (AvgIpc) is 2.94. The van der Waals surface area contributed by atoms with E-state index in [0.29, 0.717) is 12.2 Å². The minimum absolute atomic E-state index is 0.0203. The minimum atomic E-state index is -0.895. The van der Waals surface area contributed by atoms with E-state index in [1.54, 1.807) is 13.8 Å². The Morgan fingerprint density at radius 2 is 1.50 bits per heavy atom. The summed E-state index contributed by atoms with van der Waals surface area (Å²) in [6, 6.07) is 0. The third kappa shape index (κ3) is 28.3. The van der Waals surface area contributed by atoms with Crippen LogP contribution in [-0.2, 0) is 9.59 Å². The van der Waals surface area contributed by atoms with Crippen LogP contribution in [0.3, 0.4) is 0 Å². The molecule has 0 aliphatic heterocycles. The first kappa shape index (κ1) is 47.1. The lowest BCUT2D eigenvalue weighted by atomic mass is 9.74. The van der Waals surface area contributed by atoms with E-state index in [-0.39, 0.29) is 18.1 Å². The lowest BCUT2D eigenvalue weighted by Crippen LogP contribution is -2.40. The van der Waals surface area contributed by atoms with Gasteiger partial charge in [-0.15, -0.1) is 6.58 Å². The van der Waals surface area contributed by atoms with Gasteiger partial charge in [0.2, 0.25) is 0 Å². The molecule has 0 spiro atoms. The number of carbonyl (C=O) groups excluding carboxylic acids is 2. The fourth-order valence-corrected chi connectivity index (χ4v) is 4.52. The van der Waals surface area contributed by atoms with E-state index in [2.05, 4.69) is 56.7 Å². The van der Waals surface area contributed by atoms with E-state index >= 15 is 0 Å². The fraction of sp³-hybridized carbons (Fsp3) is 0.730. The first-order valence-electron chi connectivity index (χ1n) is 16.2. The van der Waals surface area contributed by atoms with Gasteiger partial charge in [0.25, 0.3) is 0 Å². The molecule has 0 aromatic carbocycles. The predicted octanol–water partition coefficient (Wildman–Crippen LogP) is 8.89. The Hall–Kier alpha value is -1.82.